The largest absolute Gasteiger partial charge is 0.492 e. The number of benzene rings is 1. The Kier molecular flexibility index (Phi) is 4.71. The smallest absolute Gasteiger partial charge is 0.296 e. The van der Waals surface area contributed by atoms with Crippen molar-refractivity contribution in [2.75, 3.05) is 17.8 Å². The van der Waals surface area contributed by atoms with Crippen LogP contribution in [0.5, 0.6) is 5.75 Å². The molecule has 0 bridgehead atoms. The van der Waals surface area contributed by atoms with Crippen LogP contribution in [0.3, 0.4) is 0 Å². The fraction of sp³-hybridized carbons (Fsp3) is 0.300. The van der Waals surface area contributed by atoms with Gasteiger partial charge in [-0.25, -0.2) is 0 Å². The summed E-state index contributed by atoms with van der Waals surface area (Å²) >= 11 is 5.44. The van der Waals surface area contributed by atoms with Gasteiger partial charge in [-0.15, -0.1) is 11.6 Å². The summed E-state index contributed by atoms with van der Waals surface area (Å²) in [6.07, 6.45) is 0. The van der Waals surface area contributed by atoms with E-state index in [1.807, 2.05) is 0 Å². The molecule has 0 heterocycles. The number of amides is 1. The van der Waals surface area contributed by atoms with Crippen molar-refractivity contribution < 1.29 is 14.5 Å². The molecule has 6 nitrogen and oxygen atoms in total. The number of ether oxygens (including phenoxy) is 1. The Labute approximate surface area is 103 Å². The molecule has 0 spiro atoms. The van der Waals surface area contributed by atoms with Gasteiger partial charge in [0.1, 0.15) is 18.0 Å². The molecule has 1 amide bonds. The van der Waals surface area contributed by atoms with Crippen molar-refractivity contribution in [1.29, 1.82) is 0 Å². The molecule has 92 valence electrons. The maximum Gasteiger partial charge on any atom is 0.296 e. The predicted octanol–water partition coefficient (Wildman–Crippen LogP) is 2.17. The third kappa shape index (κ3) is 3.92. The molecular weight excluding hydrogens is 248 g/mol. The molecule has 0 unspecified atom stereocenters. The van der Waals surface area contributed by atoms with E-state index in [4.69, 9.17) is 16.3 Å². The first-order chi connectivity index (χ1) is 8.04. The maximum atomic E-state index is 10.9. The highest BCUT2D eigenvalue weighted by molar-refractivity contribution is 6.18. The van der Waals surface area contributed by atoms with Crippen LogP contribution in [0.4, 0.5) is 11.4 Å². The third-order valence-electron chi connectivity index (χ3n) is 1.82. The number of nitro benzene ring substituents is 1. The van der Waals surface area contributed by atoms with Crippen molar-refractivity contribution in [3.05, 3.63) is 28.3 Å². The summed E-state index contributed by atoms with van der Waals surface area (Å²) < 4.78 is 5.16. The molecule has 1 aromatic carbocycles. The van der Waals surface area contributed by atoms with E-state index in [1.54, 1.807) is 0 Å². The molecule has 0 saturated heterocycles. The Morgan fingerprint density at radius 1 is 1.59 bits per heavy atom. The quantitative estimate of drug-likeness (QED) is 0.498. The van der Waals surface area contributed by atoms with Gasteiger partial charge in [0, 0.05) is 6.92 Å². The van der Waals surface area contributed by atoms with Gasteiger partial charge < -0.3 is 10.1 Å². The maximum absolute atomic E-state index is 10.9. The molecule has 0 fully saturated rings. The van der Waals surface area contributed by atoms with E-state index >= 15 is 0 Å². The molecule has 17 heavy (non-hydrogen) atoms. The van der Waals surface area contributed by atoms with Crippen LogP contribution in [0.25, 0.3) is 0 Å². The number of nitro groups is 1. The molecular formula is C10H11ClN2O4. The summed E-state index contributed by atoms with van der Waals surface area (Å²) in [5, 5.41) is 13.2. The van der Waals surface area contributed by atoms with Crippen LogP contribution in [0, 0.1) is 10.1 Å². The van der Waals surface area contributed by atoms with Gasteiger partial charge in [0.25, 0.3) is 5.69 Å². The lowest BCUT2D eigenvalue weighted by Crippen LogP contribution is -2.08. The van der Waals surface area contributed by atoms with E-state index in [0.717, 1.165) is 0 Å². The van der Waals surface area contributed by atoms with Crippen molar-refractivity contribution in [3.63, 3.8) is 0 Å². The number of rotatable bonds is 5. The number of hydrogen-bond acceptors (Lipinski definition) is 4. The third-order valence-corrected chi connectivity index (χ3v) is 1.98. The number of hydrogen-bond donors (Lipinski definition) is 1. The Bertz CT molecular complexity index is 436. The second kappa shape index (κ2) is 6.05. The second-order valence-corrected chi connectivity index (χ2v) is 3.53. The van der Waals surface area contributed by atoms with Crippen molar-refractivity contribution in [2.45, 2.75) is 6.92 Å². The van der Waals surface area contributed by atoms with Crippen molar-refractivity contribution >= 4 is 28.9 Å². The average Bonchev–Trinajstić information content (AvgIpc) is 2.26. The van der Waals surface area contributed by atoms with Gasteiger partial charge >= 0.3 is 0 Å². The number of nitrogens with one attached hydrogen (secondary N) is 1. The van der Waals surface area contributed by atoms with Crippen LogP contribution >= 0.6 is 11.6 Å². The van der Waals surface area contributed by atoms with Gasteiger partial charge in [0.2, 0.25) is 5.91 Å². The van der Waals surface area contributed by atoms with Gasteiger partial charge in [0.05, 0.1) is 16.9 Å². The number of carbonyl (C=O) groups is 1. The van der Waals surface area contributed by atoms with Crippen LogP contribution in [0.2, 0.25) is 0 Å². The van der Waals surface area contributed by atoms with Crippen LogP contribution in [-0.2, 0) is 4.79 Å². The predicted molar refractivity (Wildman–Crippen MR) is 63.6 cm³/mol. The average molecular weight is 259 g/mol. The summed E-state index contributed by atoms with van der Waals surface area (Å²) in [6.45, 7) is 1.54. The molecule has 0 atom stereocenters. The highest BCUT2D eigenvalue weighted by atomic mass is 35.5. The summed E-state index contributed by atoms with van der Waals surface area (Å²) in [5.74, 6) is 0.260. The minimum absolute atomic E-state index is 0.140. The van der Waals surface area contributed by atoms with Crippen molar-refractivity contribution in [2.24, 2.45) is 0 Å². The van der Waals surface area contributed by atoms with E-state index in [1.165, 1.54) is 25.1 Å². The van der Waals surface area contributed by atoms with Gasteiger partial charge in [-0.3, -0.25) is 14.9 Å². The van der Waals surface area contributed by atoms with Crippen LogP contribution in [0.15, 0.2) is 18.2 Å². The Morgan fingerprint density at radius 2 is 2.29 bits per heavy atom. The Hall–Kier alpha value is -1.82. The second-order valence-electron chi connectivity index (χ2n) is 3.15. The first-order valence-electron chi connectivity index (χ1n) is 4.79. The molecule has 0 saturated carbocycles. The van der Waals surface area contributed by atoms with Gasteiger partial charge in [-0.2, -0.15) is 0 Å². The number of carbonyl (C=O) groups excluding carboxylic acids is 1. The van der Waals surface area contributed by atoms with Gasteiger partial charge in [-0.1, -0.05) is 0 Å². The molecule has 0 aromatic heterocycles. The fourth-order valence-electron chi connectivity index (χ4n) is 1.20. The highest BCUT2D eigenvalue weighted by Crippen LogP contribution is 2.29. The standard InChI is InChI=1S/C10H11ClN2O4/c1-7(14)12-9-3-2-8(17-5-4-11)6-10(9)13(15)16/h2-3,6H,4-5H2,1H3,(H,12,14). The molecule has 1 aromatic rings. The van der Waals surface area contributed by atoms with Gasteiger partial charge in [-0.05, 0) is 12.1 Å². The summed E-state index contributed by atoms with van der Waals surface area (Å²) in [5.41, 5.74) is -0.0759. The minimum atomic E-state index is -0.584. The Balaban J connectivity index is 2.99. The zero-order chi connectivity index (χ0) is 12.8. The molecule has 0 aliphatic rings. The minimum Gasteiger partial charge on any atom is -0.492 e. The monoisotopic (exact) mass is 258 g/mol. The molecule has 1 N–H and O–H groups in total. The topological polar surface area (TPSA) is 81.5 Å². The number of anilines is 1. The van der Waals surface area contributed by atoms with E-state index < -0.39 is 4.92 Å². The number of alkyl halides is 1. The zero-order valence-electron chi connectivity index (χ0n) is 9.10. The molecule has 7 heteroatoms. The lowest BCUT2D eigenvalue weighted by molar-refractivity contribution is -0.384. The van der Waals surface area contributed by atoms with E-state index in [-0.39, 0.29) is 23.9 Å². The van der Waals surface area contributed by atoms with E-state index in [9.17, 15) is 14.9 Å². The zero-order valence-corrected chi connectivity index (χ0v) is 9.86. The number of halogens is 1. The van der Waals surface area contributed by atoms with Crippen LogP contribution in [-0.4, -0.2) is 23.3 Å². The van der Waals surface area contributed by atoms with E-state index in [0.29, 0.717) is 11.6 Å². The fourth-order valence-corrected chi connectivity index (χ4v) is 1.28. The van der Waals surface area contributed by atoms with Crippen molar-refractivity contribution in [1.82, 2.24) is 0 Å². The SMILES string of the molecule is CC(=O)Nc1ccc(OCCCl)cc1[N+](=O)[O-]. The highest BCUT2D eigenvalue weighted by Gasteiger charge is 2.15. The van der Waals surface area contributed by atoms with Crippen LogP contribution < -0.4 is 10.1 Å². The molecule has 1 rings (SSSR count). The first kappa shape index (κ1) is 13.2. The number of nitrogens with zero attached hydrogens (tertiary/aromatic N) is 1. The molecule has 0 aliphatic carbocycles. The van der Waals surface area contributed by atoms with E-state index in [2.05, 4.69) is 5.32 Å². The first-order valence-corrected chi connectivity index (χ1v) is 5.33. The lowest BCUT2D eigenvalue weighted by atomic mass is 10.2. The molecule has 0 aliphatic heterocycles. The van der Waals surface area contributed by atoms with Gasteiger partial charge in [0.15, 0.2) is 0 Å². The van der Waals surface area contributed by atoms with Crippen LogP contribution in [0.1, 0.15) is 6.92 Å². The normalized spacial score (nSPS) is 9.76. The molecule has 0 radical (unpaired) electrons. The van der Waals surface area contributed by atoms with Crippen molar-refractivity contribution in [3.8, 4) is 5.75 Å². The summed E-state index contributed by atoms with van der Waals surface area (Å²) in [4.78, 5) is 21.1. The lowest BCUT2D eigenvalue weighted by Gasteiger charge is -2.07. The summed E-state index contributed by atoms with van der Waals surface area (Å²) in [6, 6.07) is 4.20. The summed E-state index contributed by atoms with van der Waals surface area (Å²) in [7, 11) is 0. The Morgan fingerprint density at radius 3 is 2.82 bits per heavy atom.